The molecule has 3 heteroatoms. The zero-order chi connectivity index (χ0) is 18.6. The van der Waals surface area contributed by atoms with Crippen LogP contribution in [0.4, 0.5) is 0 Å². The maximum atomic E-state index is 12.7. The van der Waals surface area contributed by atoms with E-state index in [9.17, 15) is 4.79 Å². The van der Waals surface area contributed by atoms with Gasteiger partial charge in [-0.2, -0.15) is 0 Å². The van der Waals surface area contributed by atoms with Crippen LogP contribution in [0.3, 0.4) is 0 Å². The van der Waals surface area contributed by atoms with Gasteiger partial charge in [-0.1, -0.05) is 74.1 Å². The highest BCUT2D eigenvalue weighted by molar-refractivity contribution is 5.80. The second-order valence-corrected chi connectivity index (χ2v) is 6.70. The molecule has 1 fully saturated rings. The van der Waals surface area contributed by atoms with Crippen LogP contribution in [0.25, 0.3) is 0 Å². The Labute approximate surface area is 158 Å². The van der Waals surface area contributed by atoms with Crippen molar-refractivity contribution in [1.82, 2.24) is 4.90 Å². The van der Waals surface area contributed by atoms with Gasteiger partial charge in [0.1, 0.15) is 5.92 Å². The number of nitrogens with zero attached hydrogens (tertiary/aromatic N) is 1. The third kappa shape index (κ3) is 6.69. The Morgan fingerprint density at radius 3 is 2.46 bits per heavy atom. The van der Waals surface area contributed by atoms with Crippen molar-refractivity contribution in [1.29, 1.82) is 0 Å². The molecule has 1 aliphatic rings. The number of hydrogen-bond donors (Lipinski definition) is 0. The first kappa shape index (κ1) is 20.3. The molecule has 140 valence electrons. The molecule has 1 aliphatic carbocycles. The highest BCUT2D eigenvalue weighted by Crippen LogP contribution is 2.28. The van der Waals surface area contributed by atoms with Crippen molar-refractivity contribution in [2.45, 2.75) is 51.9 Å². The lowest BCUT2D eigenvalue weighted by atomic mass is 9.89. The molecule has 0 aliphatic heterocycles. The van der Waals surface area contributed by atoms with Gasteiger partial charge in [0.05, 0.1) is 6.54 Å². The summed E-state index contributed by atoms with van der Waals surface area (Å²) >= 11 is 0. The molecule has 0 saturated heterocycles. The number of ether oxygens (including phenoxy) is 1. The molecule has 0 spiro atoms. The molecule has 2 rings (SSSR count). The van der Waals surface area contributed by atoms with Crippen LogP contribution >= 0.6 is 0 Å². The largest absolute Gasteiger partial charge is 0.452 e. The zero-order valence-corrected chi connectivity index (χ0v) is 16.2. The Morgan fingerprint density at radius 2 is 1.81 bits per heavy atom. The van der Waals surface area contributed by atoms with Crippen molar-refractivity contribution in [3.05, 3.63) is 47.5 Å². The predicted molar refractivity (Wildman–Crippen MR) is 107 cm³/mol. The fraction of sp³-hybridized carbons (Fsp3) is 0.522. The smallest absolute Gasteiger partial charge is 0.318 e. The molecule has 0 radical (unpaired) electrons. The van der Waals surface area contributed by atoms with Crippen LogP contribution in [0, 0.1) is 11.8 Å². The molecule has 1 unspecified atom stereocenters. The minimum atomic E-state index is -0.325. The third-order valence-corrected chi connectivity index (χ3v) is 4.92. The van der Waals surface area contributed by atoms with Gasteiger partial charge in [0.2, 0.25) is 0 Å². The SMILES string of the molecule is CCN(CC)CC#CCOC(=O)C(C=C1CCCCC1)c1ccccc1. The Bertz CT molecular complexity index is 627. The lowest BCUT2D eigenvalue weighted by molar-refractivity contribution is -0.142. The maximum Gasteiger partial charge on any atom is 0.318 e. The number of hydrogen-bond acceptors (Lipinski definition) is 3. The van der Waals surface area contributed by atoms with Crippen molar-refractivity contribution in [2.24, 2.45) is 0 Å². The van der Waals surface area contributed by atoms with Gasteiger partial charge in [-0.25, -0.2) is 0 Å². The topological polar surface area (TPSA) is 29.5 Å². The molecule has 0 bridgehead atoms. The van der Waals surface area contributed by atoms with Crippen LogP contribution in [-0.4, -0.2) is 37.1 Å². The number of esters is 1. The standard InChI is InChI=1S/C23H31NO2/c1-3-24(4-2)17-11-12-18-26-23(25)22(21-15-9-6-10-16-21)19-20-13-7-5-8-14-20/h6,9-10,15-16,19,22H,3-5,7-8,13-14,17-18H2,1-2H3. The van der Waals surface area contributed by atoms with Gasteiger partial charge in [0, 0.05) is 0 Å². The van der Waals surface area contributed by atoms with Gasteiger partial charge < -0.3 is 4.74 Å². The van der Waals surface area contributed by atoms with E-state index in [0.29, 0.717) is 0 Å². The number of carbonyl (C=O) groups excluding carboxylic acids is 1. The summed E-state index contributed by atoms with van der Waals surface area (Å²) < 4.78 is 5.47. The van der Waals surface area contributed by atoms with E-state index in [0.717, 1.165) is 38.0 Å². The molecule has 1 atom stereocenters. The molecule has 26 heavy (non-hydrogen) atoms. The molecule has 1 aromatic carbocycles. The Hall–Kier alpha value is -2.05. The summed E-state index contributed by atoms with van der Waals surface area (Å²) in [6.07, 6.45) is 8.05. The highest BCUT2D eigenvalue weighted by Gasteiger charge is 2.21. The van der Waals surface area contributed by atoms with Gasteiger partial charge >= 0.3 is 5.97 Å². The summed E-state index contributed by atoms with van der Waals surface area (Å²) in [5.41, 5.74) is 2.38. The van der Waals surface area contributed by atoms with Gasteiger partial charge in [0.15, 0.2) is 6.61 Å². The quantitative estimate of drug-likeness (QED) is 0.409. The monoisotopic (exact) mass is 353 g/mol. The van der Waals surface area contributed by atoms with E-state index < -0.39 is 0 Å². The van der Waals surface area contributed by atoms with Crippen LogP contribution in [0.2, 0.25) is 0 Å². The van der Waals surface area contributed by atoms with Gasteiger partial charge in [0.25, 0.3) is 0 Å². The van der Waals surface area contributed by atoms with Crippen molar-refractivity contribution in [3.8, 4) is 11.8 Å². The van der Waals surface area contributed by atoms with Crippen LogP contribution in [0.15, 0.2) is 42.0 Å². The predicted octanol–water partition coefficient (Wildman–Crippen LogP) is 4.55. The molecule has 3 nitrogen and oxygen atoms in total. The van der Waals surface area contributed by atoms with E-state index >= 15 is 0 Å². The van der Waals surface area contributed by atoms with Crippen molar-refractivity contribution in [3.63, 3.8) is 0 Å². The van der Waals surface area contributed by atoms with Gasteiger partial charge in [-0.3, -0.25) is 9.69 Å². The first-order chi connectivity index (χ1) is 12.7. The minimum Gasteiger partial charge on any atom is -0.452 e. The summed E-state index contributed by atoms with van der Waals surface area (Å²) in [6, 6.07) is 9.91. The van der Waals surface area contributed by atoms with E-state index in [2.05, 4.69) is 36.7 Å². The summed E-state index contributed by atoms with van der Waals surface area (Å²) in [5.74, 6) is 5.53. The zero-order valence-electron chi connectivity index (χ0n) is 16.2. The maximum absolute atomic E-state index is 12.7. The average Bonchev–Trinajstić information content (AvgIpc) is 2.70. The lowest BCUT2D eigenvalue weighted by Gasteiger charge is -2.18. The summed E-state index contributed by atoms with van der Waals surface area (Å²) in [5, 5.41) is 0. The summed E-state index contributed by atoms with van der Waals surface area (Å²) in [6.45, 7) is 7.08. The van der Waals surface area contributed by atoms with Crippen LogP contribution in [0.5, 0.6) is 0 Å². The number of allylic oxidation sites excluding steroid dienone is 1. The summed E-state index contributed by atoms with van der Waals surface area (Å²) in [7, 11) is 0. The minimum absolute atomic E-state index is 0.159. The fourth-order valence-corrected chi connectivity index (χ4v) is 3.23. The molecule has 0 heterocycles. The molecule has 1 aromatic rings. The van der Waals surface area contributed by atoms with E-state index in [-0.39, 0.29) is 18.5 Å². The van der Waals surface area contributed by atoms with Crippen LogP contribution < -0.4 is 0 Å². The highest BCUT2D eigenvalue weighted by atomic mass is 16.5. The second-order valence-electron chi connectivity index (χ2n) is 6.70. The van der Waals surface area contributed by atoms with E-state index in [4.69, 9.17) is 4.74 Å². The number of carbonyl (C=O) groups is 1. The van der Waals surface area contributed by atoms with Crippen molar-refractivity contribution < 1.29 is 9.53 Å². The molecule has 0 amide bonds. The van der Waals surface area contributed by atoms with Gasteiger partial charge in [-0.05, 0) is 44.3 Å². The fourth-order valence-electron chi connectivity index (χ4n) is 3.23. The molecule has 0 aromatic heterocycles. The van der Waals surface area contributed by atoms with Crippen LogP contribution in [0.1, 0.15) is 57.4 Å². The normalized spacial score (nSPS) is 15.1. The van der Waals surface area contributed by atoms with Crippen molar-refractivity contribution in [2.75, 3.05) is 26.2 Å². The summed E-state index contributed by atoms with van der Waals surface area (Å²) in [4.78, 5) is 14.9. The van der Waals surface area contributed by atoms with E-state index in [1.807, 2.05) is 30.3 Å². The second kappa shape index (κ2) is 11.5. The molecule has 1 saturated carbocycles. The number of rotatable bonds is 7. The molecule has 0 N–H and O–H groups in total. The number of benzene rings is 1. The molecular formula is C23H31NO2. The van der Waals surface area contributed by atoms with Crippen LogP contribution in [-0.2, 0) is 9.53 Å². The molecular weight excluding hydrogens is 322 g/mol. The van der Waals surface area contributed by atoms with Gasteiger partial charge in [-0.15, -0.1) is 0 Å². The Balaban J connectivity index is 1.99. The Morgan fingerprint density at radius 1 is 1.12 bits per heavy atom. The first-order valence-electron chi connectivity index (χ1n) is 9.83. The average molecular weight is 354 g/mol. The van der Waals surface area contributed by atoms with E-state index in [1.54, 1.807) is 0 Å². The lowest BCUT2D eigenvalue weighted by Crippen LogP contribution is -2.23. The first-order valence-corrected chi connectivity index (χ1v) is 9.83. The van der Waals surface area contributed by atoms with Crippen molar-refractivity contribution >= 4 is 5.97 Å². The van der Waals surface area contributed by atoms with E-state index in [1.165, 1.54) is 24.8 Å². The Kier molecular flexibility index (Phi) is 9.00. The third-order valence-electron chi connectivity index (χ3n) is 4.92.